The zero-order chi connectivity index (χ0) is 17.7. The maximum Gasteiger partial charge on any atom is 0.239 e. The Morgan fingerprint density at radius 3 is 2.33 bits per heavy atom. The van der Waals surface area contributed by atoms with Crippen LogP contribution in [0.3, 0.4) is 0 Å². The number of hydrogen-bond donors (Lipinski definition) is 1. The van der Waals surface area contributed by atoms with Gasteiger partial charge in [0.05, 0.1) is 25.6 Å². The van der Waals surface area contributed by atoms with Crippen LogP contribution in [0.15, 0.2) is 47.1 Å². The Hall–Kier alpha value is -2.32. The van der Waals surface area contributed by atoms with Crippen molar-refractivity contribution in [3.63, 3.8) is 0 Å². The molecule has 0 spiro atoms. The lowest BCUT2D eigenvalue weighted by Gasteiger charge is -2.18. The lowest BCUT2D eigenvalue weighted by atomic mass is 10.2. The third-order valence-corrected chi connectivity index (χ3v) is 4.56. The molecule has 7 nitrogen and oxygen atoms in total. The number of rotatable bonds is 7. The van der Waals surface area contributed by atoms with Gasteiger partial charge in [0.2, 0.25) is 15.9 Å². The van der Waals surface area contributed by atoms with Crippen LogP contribution in [-0.2, 0) is 21.4 Å². The number of benzene rings is 1. The first-order chi connectivity index (χ1) is 11.3. The molecular formula is C16H21N3O4S. The second kappa shape index (κ2) is 7.50. The lowest BCUT2D eigenvalue weighted by molar-refractivity contribution is -0.116. The molecule has 0 saturated carbocycles. The zero-order valence-corrected chi connectivity index (χ0v) is 14.7. The van der Waals surface area contributed by atoms with E-state index in [0.29, 0.717) is 11.4 Å². The van der Waals surface area contributed by atoms with Crippen LogP contribution in [0.2, 0.25) is 0 Å². The van der Waals surface area contributed by atoms with Crippen molar-refractivity contribution < 1.29 is 17.6 Å². The molecule has 1 heterocycles. The summed E-state index contributed by atoms with van der Waals surface area (Å²) >= 11 is 0. The second-order valence-electron chi connectivity index (χ2n) is 5.60. The van der Waals surface area contributed by atoms with E-state index in [2.05, 4.69) is 5.32 Å². The van der Waals surface area contributed by atoms with Crippen LogP contribution < -0.4 is 10.2 Å². The summed E-state index contributed by atoms with van der Waals surface area (Å²) in [4.78, 5) is 14.1. The number of carbonyl (C=O) groups is 1. The fraction of sp³-hybridized carbons (Fsp3) is 0.312. The molecule has 0 unspecified atom stereocenters. The average Bonchev–Trinajstić information content (AvgIpc) is 2.99. The number of nitrogens with zero attached hydrogens (tertiary/aromatic N) is 2. The summed E-state index contributed by atoms with van der Waals surface area (Å²) in [5, 5.41) is 2.70. The normalized spacial score (nSPS) is 11.5. The Labute approximate surface area is 141 Å². The smallest absolute Gasteiger partial charge is 0.239 e. The van der Waals surface area contributed by atoms with Crippen molar-refractivity contribution in [2.45, 2.75) is 6.54 Å². The Bertz CT molecular complexity index is 768. The first kappa shape index (κ1) is 18.0. The average molecular weight is 351 g/mol. The van der Waals surface area contributed by atoms with Gasteiger partial charge in [0.1, 0.15) is 5.76 Å². The summed E-state index contributed by atoms with van der Waals surface area (Å²) in [5.74, 6) is 0.0631. The minimum atomic E-state index is -3.54. The van der Waals surface area contributed by atoms with Crippen molar-refractivity contribution in [3.8, 4) is 0 Å². The van der Waals surface area contributed by atoms with Crippen molar-refractivity contribution in [1.82, 2.24) is 4.31 Å². The highest BCUT2D eigenvalue weighted by molar-refractivity contribution is 7.88. The molecule has 2 aromatic rings. The molecule has 1 aromatic carbocycles. The lowest BCUT2D eigenvalue weighted by Crippen LogP contribution is -2.36. The van der Waals surface area contributed by atoms with E-state index in [0.717, 1.165) is 16.2 Å². The van der Waals surface area contributed by atoms with Gasteiger partial charge in [-0.15, -0.1) is 0 Å². The summed E-state index contributed by atoms with van der Waals surface area (Å²) in [6.07, 6.45) is 2.53. The fourth-order valence-electron chi connectivity index (χ4n) is 2.07. The van der Waals surface area contributed by atoms with Crippen LogP contribution >= 0.6 is 0 Å². The van der Waals surface area contributed by atoms with Crippen LogP contribution in [0.1, 0.15) is 5.76 Å². The summed E-state index contributed by atoms with van der Waals surface area (Å²) < 4.78 is 29.9. The van der Waals surface area contributed by atoms with Crippen molar-refractivity contribution in [2.75, 3.05) is 37.1 Å². The molecule has 1 N–H and O–H groups in total. The van der Waals surface area contributed by atoms with E-state index < -0.39 is 15.9 Å². The molecular weight excluding hydrogens is 330 g/mol. The molecule has 2 rings (SSSR count). The molecule has 1 amide bonds. The van der Waals surface area contributed by atoms with E-state index in [1.165, 1.54) is 6.26 Å². The first-order valence-electron chi connectivity index (χ1n) is 7.30. The molecule has 130 valence electrons. The Balaban J connectivity index is 2.02. The summed E-state index contributed by atoms with van der Waals surface area (Å²) in [7, 11) is 0.305. The molecule has 0 atom stereocenters. The number of amides is 1. The van der Waals surface area contributed by atoms with E-state index in [4.69, 9.17) is 4.42 Å². The van der Waals surface area contributed by atoms with Crippen molar-refractivity contribution in [2.24, 2.45) is 0 Å². The number of sulfonamides is 1. The highest BCUT2D eigenvalue weighted by Gasteiger charge is 2.21. The molecule has 0 saturated heterocycles. The largest absolute Gasteiger partial charge is 0.468 e. The number of hydrogen-bond acceptors (Lipinski definition) is 5. The molecule has 0 radical (unpaired) electrons. The predicted octanol–water partition coefficient (Wildman–Crippen LogP) is 1.75. The van der Waals surface area contributed by atoms with Gasteiger partial charge in [-0.05, 0) is 36.4 Å². The van der Waals surface area contributed by atoms with Gasteiger partial charge in [-0.25, -0.2) is 8.42 Å². The van der Waals surface area contributed by atoms with Gasteiger partial charge in [0.25, 0.3) is 0 Å². The summed E-state index contributed by atoms with van der Waals surface area (Å²) in [6, 6.07) is 10.6. The zero-order valence-electron chi connectivity index (χ0n) is 13.9. The predicted molar refractivity (Wildman–Crippen MR) is 93.4 cm³/mol. The highest BCUT2D eigenvalue weighted by atomic mass is 32.2. The SMILES string of the molecule is CN(C)c1ccc(NC(=O)CN(Cc2ccco2)S(C)(=O)=O)cc1. The Kier molecular flexibility index (Phi) is 5.63. The van der Waals surface area contributed by atoms with Crippen LogP contribution in [0, 0.1) is 0 Å². The molecule has 0 aliphatic heterocycles. The molecule has 0 bridgehead atoms. The van der Waals surface area contributed by atoms with Gasteiger partial charge in [-0.3, -0.25) is 4.79 Å². The van der Waals surface area contributed by atoms with E-state index in [9.17, 15) is 13.2 Å². The van der Waals surface area contributed by atoms with Gasteiger partial charge in [-0.2, -0.15) is 4.31 Å². The minimum Gasteiger partial charge on any atom is -0.468 e. The molecule has 0 aliphatic rings. The van der Waals surface area contributed by atoms with Crippen molar-refractivity contribution in [1.29, 1.82) is 0 Å². The van der Waals surface area contributed by atoms with Crippen LogP contribution in [0.4, 0.5) is 11.4 Å². The van der Waals surface area contributed by atoms with E-state index in [1.54, 1.807) is 24.3 Å². The van der Waals surface area contributed by atoms with Gasteiger partial charge in [-0.1, -0.05) is 0 Å². The number of anilines is 2. The van der Waals surface area contributed by atoms with E-state index in [1.807, 2.05) is 31.1 Å². The van der Waals surface area contributed by atoms with Crippen molar-refractivity contribution >= 4 is 27.3 Å². The summed E-state index contributed by atoms with van der Waals surface area (Å²) in [6.45, 7) is -0.270. The standard InChI is InChI=1S/C16H21N3O4S/c1-18(2)14-8-6-13(7-9-14)17-16(20)12-19(24(3,21)22)11-15-5-4-10-23-15/h4-10H,11-12H2,1-3H3,(H,17,20). The molecule has 8 heteroatoms. The Morgan fingerprint density at radius 2 is 1.83 bits per heavy atom. The van der Waals surface area contributed by atoms with Crippen LogP contribution in [-0.4, -0.2) is 45.5 Å². The number of furan rings is 1. The highest BCUT2D eigenvalue weighted by Crippen LogP contribution is 2.16. The molecule has 1 aromatic heterocycles. The Morgan fingerprint density at radius 1 is 1.17 bits per heavy atom. The topological polar surface area (TPSA) is 82.9 Å². The van der Waals surface area contributed by atoms with Gasteiger partial charge in [0.15, 0.2) is 0 Å². The third-order valence-electron chi connectivity index (χ3n) is 3.37. The number of nitrogens with one attached hydrogen (secondary N) is 1. The van der Waals surface area contributed by atoms with Gasteiger partial charge in [0, 0.05) is 25.5 Å². The van der Waals surface area contributed by atoms with Crippen molar-refractivity contribution in [3.05, 3.63) is 48.4 Å². The molecule has 24 heavy (non-hydrogen) atoms. The third kappa shape index (κ3) is 5.10. The van der Waals surface area contributed by atoms with E-state index in [-0.39, 0.29) is 13.1 Å². The quantitative estimate of drug-likeness (QED) is 0.822. The maximum absolute atomic E-state index is 12.2. The van der Waals surface area contributed by atoms with Crippen LogP contribution in [0.5, 0.6) is 0 Å². The number of carbonyl (C=O) groups excluding carboxylic acids is 1. The minimum absolute atomic E-state index is 0.0127. The molecule has 0 fully saturated rings. The summed E-state index contributed by atoms with van der Waals surface area (Å²) in [5.41, 5.74) is 1.61. The first-order valence-corrected chi connectivity index (χ1v) is 9.15. The molecule has 0 aliphatic carbocycles. The van der Waals surface area contributed by atoms with Crippen LogP contribution in [0.25, 0.3) is 0 Å². The monoisotopic (exact) mass is 351 g/mol. The maximum atomic E-state index is 12.2. The van der Waals surface area contributed by atoms with Gasteiger partial charge < -0.3 is 14.6 Å². The van der Waals surface area contributed by atoms with E-state index >= 15 is 0 Å². The second-order valence-corrected chi connectivity index (χ2v) is 7.58. The fourth-order valence-corrected chi connectivity index (χ4v) is 2.78. The van der Waals surface area contributed by atoms with Gasteiger partial charge >= 0.3 is 0 Å².